The molecule has 0 saturated heterocycles. The van der Waals surface area contributed by atoms with Crippen LogP contribution < -0.4 is 5.32 Å². The lowest BCUT2D eigenvalue weighted by molar-refractivity contribution is -0.126. The van der Waals surface area contributed by atoms with Gasteiger partial charge in [0, 0.05) is 12.0 Å². The summed E-state index contributed by atoms with van der Waals surface area (Å²) in [6.45, 7) is 2.26. The first-order chi connectivity index (χ1) is 8.28. The summed E-state index contributed by atoms with van der Waals surface area (Å²) >= 11 is 0. The molecular weight excluding hydrogens is 210 g/mol. The van der Waals surface area contributed by atoms with Crippen LogP contribution in [0, 0.1) is 23.7 Å². The van der Waals surface area contributed by atoms with Crippen molar-refractivity contribution in [3.8, 4) is 0 Å². The summed E-state index contributed by atoms with van der Waals surface area (Å²) in [6, 6.07) is 0.484. The van der Waals surface area contributed by atoms with Crippen molar-refractivity contribution in [1.82, 2.24) is 5.32 Å². The summed E-state index contributed by atoms with van der Waals surface area (Å²) in [5.41, 5.74) is 0. The van der Waals surface area contributed by atoms with E-state index in [2.05, 4.69) is 12.2 Å². The van der Waals surface area contributed by atoms with Crippen molar-refractivity contribution in [2.75, 3.05) is 0 Å². The third kappa shape index (κ3) is 2.36. The molecule has 3 fully saturated rings. The lowest BCUT2D eigenvalue weighted by Crippen LogP contribution is -2.44. The number of carbonyl (C=O) groups is 1. The number of hydrogen-bond donors (Lipinski definition) is 1. The maximum Gasteiger partial charge on any atom is 0.223 e. The van der Waals surface area contributed by atoms with Gasteiger partial charge in [0.2, 0.25) is 5.91 Å². The van der Waals surface area contributed by atoms with Crippen LogP contribution in [0.3, 0.4) is 0 Å². The highest BCUT2D eigenvalue weighted by Gasteiger charge is 2.48. The molecule has 4 atom stereocenters. The molecule has 3 saturated carbocycles. The maximum absolute atomic E-state index is 12.2. The van der Waals surface area contributed by atoms with Crippen LogP contribution in [0.15, 0.2) is 0 Å². The molecule has 0 aromatic carbocycles. The van der Waals surface area contributed by atoms with Crippen molar-refractivity contribution < 1.29 is 4.79 Å². The lowest BCUT2D eigenvalue weighted by Gasteiger charge is -2.32. The van der Waals surface area contributed by atoms with Gasteiger partial charge < -0.3 is 5.32 Å². The second kappa shape index (κ2) is 4.62. The van der Waals surface area contributed by atoms with Crippen LogP contribution in [-0.4, -0.2) is 11.9 Å². The summed E-state index contributed by atoms with van der Waals surface area (Å²) in [5.74, 6) is 3.31. The van der Waals surface area contributed by atoms with E-state index in [9.17, 15) is 4.79 Å². The Morgan fingerprint density at radius 1 is 1.12 bits per heavy atom. The number of rotatable bonds is 3. The van der Waals surface area contributed by atoms with Crippen molar-refractivity contribution in [3.63, 3.8) is 0 Å². The quantitative estimate of drug-likeness (QED) is 0.800. The van der Waals surface area contributed by atoms with Crippen LogP contribution in [0.5, 0.6) is 0 Å². The summed E-state index contributed by atoms with van der Waals surface area (Å²) in [4.78, 5) is 12.2. The minimum Gasteiger partial charge on any atom is -0.353 e. The second-order valence-electron chi connectivity index (χ2n) is 6.49. The monoisotopic (exact) mass is 235 g/mol. The molecule has 1 N–H and O–H groups in total. The average molecular weight is 235 g/mol. The summed E-state index contributed by atoms with van der Waals surface area (Å²) < 4.78 is 0. The third-order valence-electron chi connectivity index (χ3n) is 5.38. The predicted molar refractivity (Wildman–Crippen MR) is 68.5 cm³/mol. The molecule has 2 nitrogen and oxygen atoms in total. The molecule has 0 bridgehead atoms. The predicted octanol–water partition coefficient (Wildman–Crippen LogP) is 3.12. The van der Waals surface area contributed by atoms with Crippen molar-refractivity contribution in [1.29, 1.82) is 0 Å². The highest BCUT2D eigenvalue weighted by molar-refractivity contribution is 5.79. The zero-order valence-corrected chi connectivity index (χ0v) is 11.0. The molecule has 0 radical (unpaired) electrons. The molecule has 0 aromatic rings. The Morgan fingerprint density at radius 2 is 1.82 bits per heavy atom. The standard InChI is InChI=1S/C15H25NO/c1-2-10-5-3-4-6-14(10)16-15(17)13-8-11-7-12(11)9-13/h10-14H,2-9H2,1H3,(H,16,17). The van der Waals surface area contributed by atoms with Crippen LogP contribution in [0.25, 0.3) is 0 Å². The lowest BCUT2D eigenvalue weighted by atomic mass is 9.82. The van der Waals surface area contributed by atoms with Crippen molar-refractivity contribution >= 4 is 5.91 Å². The van der Waals surface area contributed by atoms with Gasteiger partial charge in [-0.1, -0.05) is 26.2 Å². The van der Waals surface area contributed by atoms with Gasteiger partial charge in [-0.2, -0.15) is 0 Å². The number of carbonyl (C=O) groups excluding carboxylic acids is 1. The summed E-state index contributed by atoms with van der Waals surface area (Å²) in [5, 5.41) is 3.36. The zero-order valence-electron chi connectivity index (χ0n) is 11.0. The van der Waals surface area contributed by atoms with E-state index < -0.39 is 0 Å². The Morgan fingerprint density at radius 3 is 2.53 bits per heavy atom. The number of nitrogens with one attached hydrogen (secondary N) is 1. The highest BCUT2D eigenvalue weighted by Crippen LogP contribution is 2.54. The zero-order chi connectivity index (χ0) is 11.8. The van der Waals surface area contributed by atoms with Gasteiger partial charge >= 0.3 is 0 Å². The van der Waals surface area contributed by atoms with Gasteiger partial charge in [-0.15, -0.1) is 0 Å². The van der Waals surface area contributed by atoms with E-state index >= 15 is 0 Å². The minimum absolute atomic E-state index is 0.359. The van der Waals surface area contributed by atoms with Gasteiger partial charge in [-0.3, -0.25) is 4.79 Å². The Bertz CT molecular complexity index is 291. The molecule has 96 valence electrons. The molecule has 0 spiro atoms. The van der Waals surface area contributed by atoms with Crippen LogP contribution in [-0.2, 0) is 4.79 Å². The van der Waals surface area contributed by atoms with Crippen LogP contribution in [0.2, 0.25) is 0 Å². The Kier molecular flexibility index (Phi) is 3.14. The van der Waals surface area contributed by atoms with Gasteiger partial charge in [0.25, 0.3) is 0 Å². The second-order valence-corrected chi connectivity index (χ2v) is 6.49. The molecule has 17 heavy (non-hydrogen) atoms. The fraction of sp³-hybridized carbons (Fsp3) is 0.933. The number of fused-ring (bicyclic) bond motifs is 1. The topological polar surface area (TPSA) is 29.1 Å². The Hall–Kier alpha value is -0.530. The molecule has 3 aliphatic rings. The van der Waals surface area contributed by atoms with E-state index in [0.29, 0.717) is 17.9 Å². The highest BCUT2D eigenvalue weighted by atomic mass is 16.2. The van der Waals surface area contributed by atoms with Gasteiger partial charge in [0.15, 0.2) is 0 Å². The van der Waals surface area contributed by atoms with E-state index in [1.807, 2.05) is 0 Å². The first kappa shape index (κ1) is 11.6. The normalized spacial score (nSPS) is 44.2. The van der Waals surface area contributed by atoms with E-state index in [1.54, 1.807) is 0 Å². The van der Waals surface area contributed by atoms with Crippen molar-refractivity contribution in [2.24, 2.45) is 23.7 Å². The Balaban J connectivity index is 1.52. The number of hydrogen-bond acceptors (Lipinski definition) is 1. The molecular formula is C15H25NO. The molecule has 2 heteroatoms. The molecule has 3 rings (SSSR count). The fourth-order valence-electron chi connectivity index (χ4n) is 4.12. The Labute approximate surface area is 105 Å². The first-order valence-corrected chi connectivity index (χ1v) is 7.58. The van der Waals surface area contributed by atoms with E-state index in [1.165, 1.54) is 51.4 Å². The fourth-order valence-corrected chi connectivity index (χ4v) is 4.12. The van der Waals surface area contributed by atoms with Crippen LogP contribution in [0.4, 0.5) is 0 Å². The molecule has 0 aliphatic heterocycles. The van der Waals surface area contributed by atoms with Crippen molar-refractivity contribution in [3.05, 3.63) is 0 Å². The molecule has 4 unspecified atom stereocenters. The summed E-state index contributed by atoms with van der Waals surface area (Å²) in [6.07, 6.45) is 10.2. The van der Waals surface area contributed by atoms with Crippen LogP contribution >= 0.6 is 0 Å². The number of amides is 1. The first-order valence-electron chi connectivity index (χ1n) is 7.58. The molecule has 3 aliphatic carbocycles. The molecule has 1 amide bonds. The third-order valence-corrected chi connectivity index (χ3v) is 5.38. The van der Waals surface area contributed by atoms with Crippen molar-refractivity contribution in [2.45, 2.75) is 64.3 Å². The minimum atomic E-state index is 0.359. The largest absolute Gasteiger partial charge is 0.353 e. The average Bonchev–Trinajstić information content (AvgIpc) is 2.96. The summed E-state index contributed by atoms with van der Waals surface area (Å²) in [7, 11) is 0. The van der Waals surface area contributed by atoms with E-state index in [-0.39, 0.29) is 0 Å². The smallest absolute Gasteiger partial charge is 0.223 e. The van der Waals surface area contributed by atoms with Gasteiger partial charge in [0.1, 0.15) is 0 Å². The van der Waals surface area contributed by atoms with Gasteiger partial charge in [-0.25, -0.2) is 0 Å². The maximum atomic E-state index is 12.2. The van der Waals surface area contributed by atoms with E-state index in [4.69, 9.17) is 0 Å². The molecule has 0 heterocycles. The van der Waals surface area contributed by atoms with Gasteiger partial charge in [-0.05, 0) is 49.9 Å². The molecule has 0 aromatic heterocycles. The van der Waals surface area contributed by atoms with E-state index in [0.717, 1.165) is 17.8 Å². The van der Waals surface area contributed by atoms with Gasteiger partial charge in [0.05, 0.1) is 0 Å². The van der Waals surface area contributed by atoms with Crippen LogP contribution in [0.1, 0.15) is 58.3 Å². The SMILES string of the molecule is CCC1CCCCC1NC(=O)C1CC2CC2C1.